The number of aliphatic hydroxyl groups is 1. The molecule has 0 aliphatic heterocycles. The van der Waals surface area contributed by atoms with Crippen LogP contribution in [0.2, 0.25) is 0 Å². The number of benzene rings is 1. The van der Waals surface area contributed by atoms with Crippen LogP contribution >= 0.6 is 0 Å². The van der Waals surface area contributed by atoms with E-state index < -0.39 is 0 Å². The summed E-state index contributed by atoms with van der Waals surface area (Å²) in [6.45, 7) is 7.52. The molecular weight excluding hydrogens is 268 g/mol. The zero-order chi connectivity index (χ0) is 16.0. The number of carbonyl (C=O) groups is 2. The smallest absolute Gasteiger partial charge is 0.251 e. The van der Waals surface area contributed by atoms with Gasteiger partial charge in [-0.3, -0.25) is 9.59 Å². The molecule has 116 valence electrons. The SMILES string of the molecule is CC(=O)Nc1ccc(C(=O)NC(CO)CC(C)(C)C)cc1. The van der Waals surface area contributed by atoms with Crippen molar-refractivity contribution in [3.8, 4) is 0 Å². The minimum absolute atomic E-state index is 0.0238. The lowest BCUT2D eigenvalue weighted by Crippen LogP contribution is -2.40. The summed E-state index contributed by atoms with van der Waals surface area (Å²) >= 11 is 0. The summed E-state index contributed by atoms with van der Waals surface area (Å²) in [6.07, 6.45) is 0.694. The summed E-state index contributed by atoms with van der Waals surface area (Å²) in [7, 11) is 0. The van der Waals surface area contributed by atoms with Crippen LogP contribution in [-0.2, 0) is 4.79 Å². The van der Waals surface area contributed by atoms with Gasteiger partial charge in [-0.25, -0.2) is 0 Å². The Balaban J connectivity index is 2.68. The second kappa shape index (κ2) is 7.22. The first-order valence-electron chi connectivity index (χ1n) is 7.00. The van der Waals surface area contributed by atoms with Crippen LogP contribution in [0.1, 0.15) is 44.5 Å². The van der Waals surface area contributed by atoms with Crippen LogP contribution in [0.15, 0.2) is 24.3 Å². The lowest BCUT2D eigenvalue weighted by Gasteiger charge is -2.25. The van der Waals surface area contributed by atoms with Crippen molar-refractivity contribution in [2.45, 2.75) is 40.2 Å². The second-order valence-corrected chi connectivity index (χ2v) is 6.38. The molecule has 0 fully saturated rings. The van der Waals surface area contributed by atoms with Crippen LogP contribution in [0.5, 0.6) is 0 Å². The molecule has 1 atom stereocenters. The van der Waals surface area contributed by atoms with Crippen LogP contribution in [0.4, 0.5) is 5.69 Å². The number of hydrogen-bond acceptors (Lipinski definition) is 3. The predicted octanol–water partition coefficient (Wildman–Crippen LogP) is 2.17. The fourth-order valence-electron chi connectivity index (χ4n) is 2.08. The molecule has 3 N–H and O–H groups in total. The summed E-state index contributed by atoms with van der Waals surface area (Å²) in [5.41, 5.74) is 1.17. The average Bonchev–Trinajstić information content (AvgIpc) is 2.36. The summed E-state index contributed by atoms with van der Waals surface area (Å²) < 4.78 is 0. The molecule has 1 aromatic rings. The van der Waals surface area contributed by atoms with Crippen LogP contribution in [0, 0.1) is 5.41 Å². The minimum Gasteiger partial charge on any atom is -0.394 e. The molecule has 1 unspecified atom stereocenters. The largest absolute Gasteiger partial charge is 0.394 e. The lowest BCUT2D eigenvalue weighted by molar-refractivity contribution is -0.114. The van der Waals surface area contributed by atoms with Gasteiger partial charge < -0.3 is 15.7 Å². The van der Waals surface area contributed by atoms with Gasteiger partial charge in [0.15, 0.2) is 0 Å². The van der Waals surface area contributed by atoms with Crippen LogP contribution in [0.25, 0.3) is 0 Å². The second-order valence-electron chi connectivity index (χ2n) is 6.38. The number of nitrogens with one attached hydrogen (secondary N) is 2. The normalized spacial score (nSPS) is 12.6. The molecule has 2 amide bonds. The average molecular weight is 292 g/mol. The molecular formula is C16H24N2O3. The van der Waals surface area contributed by atoms with E-state index in [1.807, 2.05) is 0 Å². The Morgan fingerprint density at radius 1 is 1.19 bits per heavy atom. The highest BCUT2D eigenvalue weighted by molar-refractivity contribution is 5.95. The van der Waals surface area contributed by atoms with Gasteiger partial charge in [0.25, 0.3) is 5.91 Å². The summed E-state index contributed by atoms with van der Waals surface area (Å²) in [4.78, 5) is 23.1. The van der Waals surface area contributed by atoms with Crippen molar-refractivity contribution in [3.05, 3.63) is 29.8 Å². The quantitative estimate of drug-likeness (QED) is 0.778. The lowest BCUT2D eigenvalue weighted by atomic mass is 9.88. The number of aliphatic hydroxyl groups excluding tert-OH is 1. The van der Waals surface area contributed by atoms with Crippen molar-refractivity contribution in [3.63, 3.8) is 0 Å². The molecule has 0 bridgehead atoms. The molecule has 0 heterocycles. The molecule has 21 heavy (non-hydrogen) atoms. The highest BCUT2D eigenvalue weighted by atomic mass is 16.3. The molecule has 0 aromatic heterocycles. The first-order chi connectivity index (χ1) is 9.71. The molecule has 0 aliphatic rings. The highest BCUT2D eigenvalue weighted by Gasteiger charge is 2.20. The molecule has 0 saturated heterocycles. The van der Waals surface area contributed by atoms with E-state index in [9.17, 15) is 14.7 Å². The molecule has 0 radical (unpaired) electrons. The van der Waals surface area contributed by atoms with Gasteiger partial charge >= 0.3 is 0 Å². The fraction of sp³-hybridized carbons (Fsp3) is 0.500. The Bertz CT molecular complexity index is 489. The van der Waals surface area contributed by atoms with Crippen molar-refractivity contribution in [1.29, 1.82) is 0 Å². The molecule has 5 nitrogen and oxygen atoms in total. The van der Waals surface area contributed by atoms with Crippen molar-refractivity contribution in [1.82, 2.24) is 5.32 Å². The number of anilines is 1. The Hall–Kier alpha value is -1.88. The third kappa shape index (κ3) is 6.40. The summed E-state index contributed by atoms with van der Waals surface area (Å²) in [5.74, 6) is -0.384. The standard InChI is InChI=1S/C16H24N2O3/c1-11(20)17-13-7-5-12(6-8-13)15(21)18-14(10-19)9-16(2,3)4/h5-8,14,19H,9-10H2,1-4H3,(H,17,20)(H,18,21). The van der Waals surface area contributed by atoms with Gasteiger partial charge in [-0.15, -0.1) is 0 Å². The van der Waals surface area contributed by atoms with Crippen molar-refractivity contribution in [2.75, 3.05) is 11.9 Å². The van der Waals surface area contributed by atoms with Crippen LogP contribution in [0.3, 0.4) is 0 Å². The Morgan fingerprint density at radius 3 is 2.19 bits per heavy atom. The third-order valence-electron chi connectivity index (χ3n) is 2.88. The third-order valence-corrected chi connectivity index (χ3v) is 2.88. The zero-order valence-electron chi connectivity index (χ0n) is 13.1. The summed E-state index contributed by atoms with van der Waals surface area (Å²) in [5, 5.41) is 14.8. The number of rotatable bonds is 5. The number of amides is 2. The topological polar surface area (TPSA) is 78.4 Å². The maximum Gasteiger partial charge on any atom is 0.251 e. The maximum absolute atomic E-state index is 12.1. The van der Waals surface area contributed by atoms with E-state index in [2.05, 4.69) is 31.4 Å². The first-order valence-corrected chi connectivity index (χ1v) is 7.00. The fourth-order valence-corrected chi connectivity index (χ4v) is 2.08. The van der Waals surface area contributed by atoms with E-state index in [4.69, 9.17) is 0 Å². The van der Waals surface area contributed by atoms with Crippen molar-refractivity contribution in [2.24, 2.45) is 5.41 Å². The monoisotopic (exact) mass is 292 g/mol. The number of carbonyl (C=O) groups excluding carboxylic acids is 2. The molecule has 0 spiro atoms. The Labute approximate surface area is 125 Å². The van der Waals surface area contributed by atoms with Gasteiger partial charge in [-0.05, 0) is 36.1 Å². The molecule has 1 rings (SSSR count). The van der Waals surface area contributed by atoms with E-state index in [1.54, 1.807) is 24.3 Å². The van der Waals surface area contributed by atoms with E-state index in [-0.39, 0.29) is 29.9 Å². The zero-order valence-corrected chi connectivity index (χ0v) is 13.1. The maximum atomic E-state index is 12.1. The first kappa shape index (κ1) is 17.2. The van der Waals surface area contributed by atoms with Gasteiger partial charge in [-0.1, -0.05) is 20.8 Å². The molecule has 1 aromatic carbocycles. The Morgan fingerprint density at radius 2 is 1.76 bits per heavy atom. The minimum atomic E-state index is -0.271. The molecule has 0 aliphatic carbocycles. The van der Waals surface area contributed by atoms with E-state index in [0.717, 1.165) is 0 Å². The van der Waals surface area contributed by atoms with Crippen LogP contribution < -0.4 is 10.6 Å². The van der Waals surface area contributed by atoms with Gasteiger partial charge in [0.2, 0.25) is 5.91 Å². The van der Waals surface area contributed by atoms with Gasteiger partial charge in [0, 0.05) is 18.2 Å². The van der Waals surface area contributed by atoms with Gasteiger partial charge in [0.05, 0.1) is 12.6 Å². The van der Waals surface area contributed by atoms with E-state index in [1.165, 1.54) is 6.92 Å². The molecule has 5 heteroatoms. The van der Waals surface area contributed by atoms with Crippen molar-refractivity contribution < 1.29 is 14.7 Å². The summed E-state index contributed by atoms with van der Waals surface area (Å²) in [6, 6.07) is 6.37. The molecule has 0 saturated carbocycles. The van der Waals surface area contributed by atoms with Crippen LogP contribution in [-0.4, -0.2) is 29.6 Å². The number of hydrogen-bond donors (Lipinski definition) is 3. The van der Waals surface area contributed by atoms with E-state index in [0.29, 0.717) is 17.7 Å². The van der Waals surface area contributed by atoms with E-state index >= 15 is 0 Å². The highest BCUT2D eigenvalue weighted by Crippen LogP contribution is 2.21. The predicted molar refractivity (Wildman–Crippen MR) is 83.2 cm³/mol. The van der Waals surface area contributed by atoms with Gasteiger partial charge in [-0.2, -0.15) is 0 Å². The van der Waals surface area contributed by atoms with Crippen molar-refractivity contribution >= 4 is 17.5 Å². The van der Waals surface area contributed by atoms with Gasteiger partial charge in [0.1, 0.15) is 0 Å². The Kier molecular flexibility index (Phi) is 5.90.